The third-order valence-electron chi connectivity index (χ3n) is 3.23. The number of alkyl carbamates (subject to hydrolysis) is 1. The Morgan fingerprint density at radius 2 is 2.00 bits per heavy atom. The van der Waals surface area contributed by atoms with Crippen LogP contribution in [-0.4, -0.2) is 30.2 Å². The summed E-state index contributed by atoms with van der Waals surface area (Å²) in [6.45, 7) is 2.94. The summed E-state index contributed by atoms with van der Waals surface area (Å²) in [5.41, 5.74) is 0. The van der Waals surface area contributed by atoms with Crippen LogP contribution in [0.4, 0.5) is 4.79 Å². The molecule has 0 heterocycles. The maximum Gasteiger partial charge on any atom is 0.407 e. The summed E-state index contributed by atoms with van der Waals surface area (Å²) in [5.74, 6) is 2.19. The smallest absolute Gasteiger partial charge is 0.407 e. The van der Waals surface area contributed by atoms with Gasteiger partial charge in [0.05, 0.1) is 0 Å². The molecule has 4 heteroatoms. The number of ether oxygens (including phenoxy) is 1. The van der Waals surface area contributed by atoms with E-state index in [1.807, 2.05) is 11.8 Å². The Bertz CT molecular complexity index is 218. The minimum absolute atomic E-state index is 0.163. The molecule has 3 nitrogen and oxygen atoms in total. The second-order valence-electron chi connectivity index (χ2n) is 4.91. The van der Waals surface area contributed by atoms with Crippen LogP contribution < -0.4 is 5.32 Å². The molecule has 1 amide bonds. The standard InChI is InChI=1S/C14H27NO2S/c1-2-3-7-11-18-12-10-15-14(16)17-13-8-5-4-6-9-13/h13H,2-12H2,1H3,(H,15,16). The molecule has 0 bridgehead atoms. The van der Waals surface area contributed by atoms with E-state index >= 15 is 0 Å². The van der Waals surface area contributed by atoms with Crippen LogP contribution in [0.25, 0.3) is 0 Å². The highest BCUT2D eigenvalue weighted by molar-refractivity contribution is 7.99. The Hall–Kier alpha value is -0.380. The first-order valence-electron chi connectivity index (χ1n) is 7.35. The van der Waals surface area contributed by atoms with Crippen molar-refractivity contribution in [3.8, 4) is 0 Å². The van der Waals surface area contributed by atoms with E-state index < -0.39 is 0 Å². The van der Waals surface area contributed by atoms with Crippen molar-refractivity contribution in [3.63, 3.8) is 0 Å². The third-order valence-corrected chi connectivity index (χ3v) is 4.30. The monoisotopic (exact) mass is 273 g/mol. The molecular formula is C14H27NO2S. The van der Waals surface area contributed by atoms with Crippen molar-refractivity contribution in [2.75, 3.05) is 18.1 Å². The number of amides is 1. The first kappa shape index (κ1) is 15.7. The SMILES string of the molecule is CCCCCSCCNC(=O)OC1CCCCC1. The Kier molecular flexibility index (Phi) is 9.17. The molecule has 0 atom stereocenters. The van der Waals surface area contributed by atoms with Crippen LogP contribution >= 0.6 is 11.8 Å². The Balaban J connectivity index is 1.90. The van der Waals surface area contributed by atoms with Gasteiger partial charge in [0, 0.05) is 12.3 Å². The number of carbonyl (C=O) groups is 1. The van der Waals surface area contributed by atoms with Gasteiger partial charge in [0.25, 0.3) is 0 Å². The summed E-state index contributed by atoms with van der Waals surface area (Å²) >= 11 is 1.91. The molecule has 0 spiro atoms. The van der Waals surface area contributed by atoms with Crippen molar-refractivity contribution in [2.45, 2.75) is 64.4 Å². The quantitative estimate of drug-likeness (QED) is 0.680. The number of unbranched alkanes of at least 4 members (excludes halogenated alkanes) is 2. The zero-order valence-corrected chi connectivity index (χ0v) is 12.4. The maximum absolute atomic E-state index is 11.5. The van der Waals surface area contributed by atoms with E-state index in [4.69, 9.17) is 4.74 Å². The number of hydrogen-bond acceptors (Lipinski definition) is 3. The summed E-state index contributed by atoms with van der Waals surface area (Å²) in [6, 6.07) is 0. The first-order chi connectivity index (χ1) is 8.83. The van der Waals surface area contributed by atoms with Gasteiger partial charge in [0.2, 0.25) is 0 Å². The van der Waals surface area contributed by atoms with Crippen molar-refractivity contribution < 1.29 is 9.53 Å². The zero-order valence-electron chi connectivity index (χ0n) is 11.6. The van der Waals surface area contributed by atoms with Gasteiger partial charge in [-0.1, -0.05) is 26.2 Å². The van der Waals surface area contributed by atoms with E-state index in [1.54, 1.807) is 0 Å². The van der Waals surface area contributed by atoms with E-state index in [1.165, 1.54) is 44.3 Å². The van der Waals surface area contributed by atoms with Crippen molar-refractivity contribution in [1.82, 2.24) is 5.32 Å². The number of thioether (sulfide) groups is 1. The molecule has 106 valence electrons. The molecule has 18 heavy (non-hydrogen) atoms. The lowest BCUT2D eigenvalue weighted by Crippen LogP contribution is -2.31. The van der Waals surface area contributed by atoms with E-state index in [0.717, 1.165) is 25.1 Å². The maximum atomic E-state index is 11.5. The van der Waals surface area contributed by atoms with E-state index in [2.05, 4.69) is 12.2 Å². The van der Waals surface area contributed by atoms with Crippen molar-refractivity contribution in [3.05, 3.63) is 0 Å². The zero-order chi connectivity index (χ0) is 13.1. The highest BCUT2D eigenvalue weighted by Crippen LogP contribution is 2.20. The molecule has 1 fully saturated rings. The number of rotatable bonds is 8. The molecule has 1 aliphatic carbocycles. The second-order valence-corrected chi connectivity index (χ2v) is 6.14. The van der Waals surface area contributed by atoms with Crippen LogP contribution in [0.3, 0.4) is 0 Å². The molecule has 1 saturated carbocycles. The van der Waals surface area contributed by atoms with Gasteiger partial charge >= 0.3 is 6.09 Å². The molecule has 0 aromatic carbocycles. The van der Waals surface area contributed by atoms with Gasteiger partial charge in [-0.2, -0.15) is 11.8 Å². The average Bonchev–Trinajstić information content (AvgIpc) is 2.39. The van der Waals surface area contributed by atoms with Crippen LogP contribution in [0.1, 0.15) is 58.3 Å². The van der Waals surface area contributed by atoms with Crippen LogP contribution in [-0.2, 0) is 4.74 Å². The molecule has 0 saturated heterocycles. The summed E-state index contributed by atoms with van der Waals surface area (Å²) in [4.78, 5) is 11.5. The van der Waals surface area contributed by atoms with Crippen molar-refractivity contribution >= 4 is 17.9 Å². The normalized spacial score (nSPS) is 16.5. The molecule has 1 rings (SSSR count). The van der Waals surface area contributed by atoms with Gasteiger partial charge in [-0.3, -0.25) is 0 Å². The van der Waals surface area contributed by atoms with Gasteiger partial charge in [-0.05, 0) is 37.9 Å². The van der Waals surface area contributed by atoms with Crippen molar-refractivity contribution in [2.24, 2.45) is 0 Å². The highest BCUT2D eigenvalue weighted by Gasteiger charge is 2.16. The first-order valence-corrected chi connectivity index (χ1v) is 8.50. The topological polar surface area (TPSA) is 38.3 Å². The summed E-state index contributed by atoms with van der Waals surface area (Å²) in [7, 11) is 0. The molecule has 1 N–H and O–H groups in total. The van der Waals surface area contributed by atoms with Gasteiger partial charge < -0.3 is 10.1 Å². The van der Waals surface area contributed by atoms with Gasteiger partial charge in [0.15, 0.2) is 0 Å². The predicted octanol–water partition coefficient (Wildman–Crippen LogP) is 3.97. The Labute approximate surface area is 115 Å². The lowest BCUT2D eigenvalue weighted by atomic mass is 9.98. The van der Waals surface area contributed by atoms with Gasteiger partial charge in [0.1, 0.15) is 6.10 Å². The van der Waals surface area contributed by atoms with Crippen LogP contribution in [0.15, 0.2) is 0 Å². The van der Waals surface area contributed by atoms with Crippen LogP contribution in [0.5, 0.6) is 0 Å². The highest BCUT2D eigenvalue weighted by atomic mass is 32.2. The number of carbonyl (C=O) groups excluding carboxylic acids is 1. The average molecular weight is 273 g/mol. The fraction of sp³-hybridized carbons (Fsp3) is 0.929. The lowest BCUT2D eigenvalue weighted by Gasteiger charge is -2.21. The van der Waals surface area contributed by atoms with Gasteiger partial charge in [-0.25, -0.2) is 4.79 Å². The van der Waals surface area contributed by atoms with Gasteiger partial charge in [-0.15, -0.1) is 0 Å². The summed E-state index contributed by atoms with van der Waals surface area (Å²) in [5, 5.41) is 2.84. The largest absolute Gasteiger partial charge is 0.446 e. The summed E-state index contributed by atoms with van der Waals surface area (Å²) in [6.07, 6.45) is 9.57. The molecule has 1 aliphatic rings. The third kappa shape index (κ3) is 7.85. The Morgan fingerprint density at radius 3 is 2.72 bits per heavy atom. The second kappa shape index (κ2) is 10.5. The van der Waals surface area contributed by atoms with Crippen molar-refractivity contribution in [1.29, 1.82) is 0 Å². The summed E-state index contributed by atoms with van der Waals surface area (Å²) < 4.78 is 5.38. The molecular weight excluding hydrogens is 246 g/mol. The molecule has 0 aromatic heterocycles. The fourth-order valence-electron chi connectivity index (χ4n) is 2.16. The van der Waals surface area contributed by atoms with E-state index in [-0.39, 0.29) is 12.2 Å². The van der Waals surface area contributed by atoms with E-state index in [9.17, 15) is 4.79 Å². The number of hydrogen-bond donors (Lipinski definition) is 1. The minimum Gasteiger partial charge on any atom is -0.446 e. The molecule has 0 aromatic rings. The predicted molar refractivity (Wildman–Crippen MR) is 78.2 cm³/mol. The molecule has 0 radical (unpaired) electrons. The Morgan fingerprint density at radius 1 is 1.22 bits per heavy atom. The minimum atomic E-state index is -0.226. The molecule has 0 aliphatic heterocycles. The van der Waals surface area contributed by atoms with Crippen LogP contribution in [0.2, 0.25) is 0 Å². The van der Waals surface area contributed by atoms with E-state index in [0.29, 0.717) is 0 Å². The lowest BCUT2D eigenvalue weighted by molar-refractivity contribution is 0.0758. The fourth-order valence-corrected chi connectivity index (χ4v) is 3.02. The number of nitrogens with one attached hydrogen (secondary N) is 1. The molecule has 0 unspecified atom stereocenters. The van der Waals surface area contributed by atoms with Crippen LogP contribution in [0, 0.1) is 0 Å².